The molecule has 2 rings (SSSR count). The Morgan fingerprint density at radius 1 is 1.21 bits per heavy atom. The summed E-state index contributed by atoms with van der Waals surface area (Å²) in [4.78, 5) is 4.77. The minimum Gasteiger partial charge on any atom is -0.333 e. The molecular formula is C13H15Cl3N2S. The Balaban J connectivity index is 2.24. The zero-order chi connectivity index (χ0) is 14.0. The van der Waals surface area contributed by atoms with Crippen molar-refractivity contribution in [2.75, 3.05) is 11.1 Å². The summed E-state index contributed by atoms with van der Waals surface area (Å²) in [5.74, 6) is 0.991. The van der Waals surface area contributed by atoms with Crippen molar-refractivity contribution in [2.24, 2.45) is 4.99 Å². The van der Waals surface area contributed by atoms with Gasteiger partial charge in [-0.2, -0.15) is 0 Å². The van der Waals surface area contributed by atoms with E-state index < -0.39 is 0 Å². The Morgan fingerprint density at radius 3 is 2.26 bits per heavy atom. The maximum Gasteiger partial charge on any atom is 0.161 e. The van der Waals surface area contributed by atoms with Crippen LogP contribution in [0.15, 0.2) is 17.1 Å². The van der Waals surface area contributed by atoms with Crippen LogP contribution in [-0.2, 0) is 0 Å². The van der Waals surface area contributed by atoms with Crippen LogP contribution in [0.2, 0.25) is 15.1 Å². The van der Waals surface area contributed by atoms with Gasteiger partial charge in [0, 0.05) is 10.8 Å². The summed E-state index contributed by atoms with van der Waals surface area (Å²) in [7, 11) is 0. The van der Waals surface area contributed by atoms with Gasteiger partial charge < -0.3 is 5.32 Å². The first kappa shape index (κ1) is 15.3. The van der Waals surface area contributed by atoms with Crippen molar-refractivity contribution < 1.29 is 0 Å². The van der Waals surface area contributed by atoms with E-state index in [2.05, 4.69) is 19.2 Å². The van der Waals surface area contributed by atoms with E-state index in [1.807, 2.05) is 0 Å². The molecule has 19 heavy (non-hydrogen) atoms. The summed E-state index contributed by atoms with van der Waals surface area (Å²) in [5, 5.41) is 5.63. The van der Waals surface area contributed by atoms with Crippen molar-refractivity contribution in [3.8, 4) is 0 Å². The average Bonchev–Trinajstić information content (AvgIpc) is 2.78. The second kappa shape index (κ2) is 6.13. The molecule has 2 nitrogen and oxygen atoms in total. The van der Waals surface area contributed by atoms with Crippen molar-refractivity contribution in [2.45, 2.75) is 32.2 Å². The molecule has 1 aliphatic rings. The molecule has 0 saturated heterocycles. The largest absolute Gasteiger partial charge is 0.333 e. The normalized spacial score (nSPS) is 17.4. The zero-order valence-corrected chi connectivity index (χ0v) is 13.8. The summed E-state index contributed by atoms with van der Waals surface area (Å²) in [6.07, 6.45) is 2.06. The van der Waals surface area contributed by atoms with Gasteiger partial charge >= 0.3 is 0 Å². The molecule has 0 atom stereocenters. The summed E-state index contributed by atoms with van der Waals surface area (Å²) in [6, 6.07) is 3.34. The van der Waals surface area contributed by atoms with E-state index in [-0.39, 0.29) is 5.54 Å². The predicted molar refractivity (Wildman–Crippen MR) is 88.3 cm³/mol. The van der Waals surface area contributed by atoms with Crippen molar-refractivity contribution in [1.29, 1.82) is 0 Å². The number of aliphatic imine (C=N–C) groups is 1. The van der Waals surface area contributed by atoms with Crippen molar-refractivity contribution in [3.05, 3.63) is 27.2 Å². The summed E-state index contributed by atoms with van der Waals surface area (Å²) >= 11 is 19.9. The van der Waals surface area contributed by atoms with Gasteiger partial charge in [0.25, 0.3) is 0 Å². The molecule has 1 aromatic rings. The van der Waals surface area contributed by atoms with Crippen LogP contribution < -0.4 is 5.32 Å². The lowest BCUT2D eigenvalue weighted by molar-refractivity contribution is 0.456. The van der Waals surface area contributed by atoms with Gasteiger partial charge in [-0.3, -0.25) is 4.99 Å². The van der Waals surface area contributed by atoms with Crippen LogP contribution in [0.4, 0.5) is 5.69 Å². The zero-order valence-electron chi connectivity index (χ0n) is 10.8. The number of nitrogens with one attached hydrogen (secondary N) is 1. The molecule has 0 radical (unpaired) electrons. The number of rotatable bonds is 3. The predicted octanol–water partition coefficient (Wildman–Crippen LogP) is 5.72. The number of amidine groups is 1. The fourth-order valence-corrected chi connectivity index (χ4v) is 4.15. The average molecular weight is 338 g/mol. The fourth-order valence-electron chi connectivity index (χ4n) is 1.93. The van der Waals surface area contributed by atoms with E-state index in [4.69, 9.17) is 39.8 Å². The molecule has 1 heterocycles. The van der Waals surface area contributed by atoms with Crippen LogP contribution in [0, 0.1) is 0 Å². The van der Waals surface area contributed by atoms with Crippen LogP contribution in [0.5, 0.6) is 0 Å². The van der Waals surface area contributed by atoms with Gasteiger partial charge in [0.2, 0.25) is 0 Å². The third-order valence-electron chi connectivity index (χ3n) is 3.37. The first-order chi connectivity index (χ1) is 8.99. The Kier molecular flexibility index (Phi) is 4.93. The first-order valence-electron chi connectivity index (χ1n) is 6.14. The van der Waals surface area contributed by atoms with Crippen LogP contribution in [0.1, 0.15) is 26.7 Å². The number of hydrogen-bond acceptors (Lipinski definition) is 3. The molecule has 0 aromatic heterocycles. The monoisotopic (exact) mass is 336 g/mol. The number of halogens is 3. The molecule has 0 saturated carbocycles. The number of nitrogens with zero attached hydrogens (tertiary/aromatic N) is 1. The fraction of sp³-hybridized carbons (Fsp3) is 0.462. The van der Waals surface area contributed by atoms with Gasteiger partial charge in [-0.1, -0.05) is 60.4 Å². The molecule has 104 valence electrons. The smallest absolute Gasteiger partial charge is 0.161 e. The highest BCUT2D eigenvalue weighted by molar-refractivity contribution is 8.14. The third kappa shape index (κ3) is 3.33. The van der Waals surface area contributed by atoms with E-state index >= 15 is 0 Å². The van der Waals surface area contributed by atoms with Crippen LogP contribution in [-0.4, -0.2) is 16.5 Å². The van der Waals surface area contributed by atoms with Gasteiger partial charge in [0.05, 0.1) is 21.3 Å². The Morgan fingerprint density at radius 2 is 1.79 bits per heavy atom. The Hall–Kier alpha value is -0.0900. The molecule has 0 bridgehead atoms. The lowest BCUT2D eigenvalue weighted by Gasteiger charge is -2.20. The van der Waals surface area contributed by atoms with Crippen molar-refractivity contribution in [1.82, 2.24) is 0 Å². The number of thioether (sulfide) groups is 1. The van der Waals surface area contributed by atoms with Gasteiger partial charge in [0.1, 0.15) is 0 Å². The molecule has 0 spiro atoms. The molecular weight excluding hydrogens is 323 g/mol. The number of hydrogen-bond donors (Lipinski definition) is 1. The Bertz CT molecular complexity index is 490. The summed E-state index contributed by atoms with van der Waals surface area (Å²) < 4.78 is 0. The van der Waals surface area contributed by atoms with E-state index in [1.165, 1.54) is 0 Å². The van der Waals surface area contributed by atoms with E-state index in [0.717, 1.165) is 23.8 Å². The van der Waals surface area contributed by atoms with Gasteiger partial charge in [-0.05, 0) is 25.0 Å². The highest BCUT2D eigenvalue weighted by Crippen LogP contribution is 2.38. The quantitative estimate of drug-likeness (QED) is 0.762. The van der Waals surface area contributed by atoms with Crippen molar-refractivity contribution >= 4 is 57.4 Å². The van der Waals surface area contributed by atoms with Crippen LogP contribution in [0.25, 0.3) is 0 Å². The topological polar surface area (TPSA) is 24.4 Å². The minimum atomic E-state index is 0.0401. The summed E-state index contributed by atoms with van der Waals surface area (Å²) in [6.45, 7) is 4.33. The van der Waals surface area contributed by atoms with Gasteiger partial charge in [-0.15, -0.1) is 0 Å². The SMILES string of the molecule is CCC1(CC)CSC(Nc2c(Cl)cc(Cl)cc2Cl)=N1. The van der Waals surface area contributed by atoms with Gasteiger partial charge in [0.15, 0.2) is 5.17 Å². The highest BCUT2D eigenvalue weighted by atomic mass is 35.5. The molecule has 0 amide bonds. The van der Waals surface area contributed by atoms with E-state index in [1.54, 1.807) is 23.9 Å². The number of anilines is 1. The van der Waals surface area contributed by atoms with Crippen LogP contribution >= 0.6 is 46.6 Å². The number of benzene rings is 1. The standard InChI is InChI=1S/C13H15Cl3N2S/c1-3-13(4-2)7-19-12(18-13)17-11-9(15)5-8(14)6-10(11)16/h5-6H,3-4,7H2,1-2H3,(H,17,18). The van der Waals surface area contributed by atoms with Crippen molar-refractivity contribution in [3.63, 3.8) is 0 Å². The lowest BCUT2D eigenvalue weighted by Crippen LogP contribution is -2.24. The minimum absolute atomic E-state index is 0.0401. The summed E-state index contributed by atoms with van der Waals surface area (Å²) in [5.41, 5.74) is 0.709. The first-order valence-corrected chi connectivity index (χ1v) is 8.26. The van der Waals surface area contributed by atoms with E-state index in [9.17, 15) is 0 Å². The van der Waals surface area contributed by atoms with Crippen LogP contribution in [0.3, 0.4) is 0 Å². The third-order valence-corrected chi connectivity index (χ3v) is 5.33. The molecule has 0 fully saturated rings. The molecule has 0 unspecified atom stereocenters. The molecule has 6 heteroatoms. The second-order valence-electron chi connectivity index (χ2n) is 4.51. The second-order valence-corrected chi connectivity index (χ2v) is 6.72. The molecule has 1 aliphatic heterocycles. The highest BCUT2D eigenvalue weighted by Gasteiger charge is 2.32. The maximum absolute atomic E-state index is 6.16. The van der Waals surface area contributed by atoms with E-state index in [0.29, 0.717) is 20.8 Å². The lowest BCUT2D eigenvalue weighted by atomic mass is 9.97. The molecule has 0 aliphatic carbocycles. The molecule has 1 N–H and O–H groups in total. The van der Waals surface area contributed by atoms with Gasteiger partial charge in [-0.25, -0.2) is 0 Å². The molecule has 1 aromatic carbocycles. The maximum atomic E-state index is 6.16. The Labute approximate surface area is 132 Å².